The number of carbonyl (C=O) groups excluding carboxylic acids is 1. The van der Waals surface area contributed by atoms with Crippen molar-refractivity contribution in [2.45, 2.75) is 33.1 Å². The van der Waals surface area contributed by atoms with Crippen LogP contribution in [-0.2, 0) is 12.8 Å². The van der Waals surface area contributed by atoms with Gasteiger partial charge in [-0.3, -0.25) is 4.79 Å². The number of hydrogen-bond donors (Lipinski definition) is 2. The second-order valence-electron chi connectivity index (χ2n) is 7.07. The molecular formula is C22H24N2O2. The lowest BCUT2D eigenvalue weighted by molar-refractivity contribution is 0.102. The van der Waals surface area contributed by atoms with Crippen molar-refractivity contribution in [1.82, 2.24) is 4.98 Å². The van der Waals surface area contributed by atoms with Crippen LogP contribution >= 0.6 is 0 Å². The average molecular weight is 348 g/mol. The Bertz CT molecular complexity index is 958. The topological polar surface area (TPSA) is 54.1 Å². The molecule has 0 saturated carbocycles. The summed E-state index contributed by atoms with van der Waals surface area (Å²) < 4.78 is 5.60. The number of aromatic nitrogens is 1. The molecule has 0 aliphatic heterocycles. The fourth-order valence-electron chi connectivity index (χ4n) is 3.78. The molecule has 3 aromatic rings. The number of rotatable bonds is 4. The van der Waals surface area contributed by atoms with E-state index in [1.54, 1.807) is 0 Å². The van der Waals surface area contributed by atoms with E-state index in [0.29, 0.717) is 29.5 Å². The number of aryl methyl sites for hydroxylation is 1. The number of ether oxygens (including phenoxy) is 1. The van der Waals surface area contributed by atoms with E-state index >= 15 is 0 Å². The minimum atomic E-state index is -0.113. The summed E-state index contributed by atoms with van der Waals surface area (Å²) in [7, 11) is 0. The van der Waals surface area contributed by atoms with Crippen molar-refractivity contribution in [2.24, 2.45) is 5.92 Å². The van der Waals surface area contributed by atoms with Gasteiger partial charge in [-0.2, -0.15) is 0 Å². The minimum absolute atomic E-state index is 0.113. The fourth-order valence-corrected chi connectivity index (χ4v) is 3.78. The molecule has 0 fully saturated rings. The third-order valence-corrected chi connectivity index (χ3v) is 5.13. The number of fused-ring (bicyclic) bond motifs is 3. The van der Waals surface area contributed by atoms with Crippen LogP contribution in [0.3, 0.4) is 0 Å². The number of para-hydroxylation sites is 2. The first kappa shape index (κ1) is 16.7. The molecule has 134 valence electrons. The molecule has 0 saturated heterocycles. The van der Waals surface area contributed by atoms with Gasteiger partial charge in [0.15, 0.2) is 0 Å². The van der Waals surface area contributed by atoms with Crippen molar-refractivity contribution < 1.29 is 9.53 Å². The largest absolute Gasteiger partial charge is 0.492 e. The summed E-state index contributed by atoms with van der Waals surface area (Å²) in [6.07, 6.45) is 3.39. The Labute approximate surface area is 153 Å². The molecule has 0 unspecified atom stereocenters. The molecule has 0 spiro atoms. The van der Waals surface area contributed by atoms with E-state index in [0.717, 1.165) is 18.4 Å². The molecule has 1 heterocycles. The van der Waals surface area contributed by atoms with Gasteiger partial charge in [0.25, 0.3) is 5.91 Å². The van der Waals surface area contributed by atoms with Crippen LogP contribution in [0.4, 0.5) is 5.69 Å². The second kappa shape index (κ2) is 6.87. The number of H-pyrrole nitrogens is 1. The van der Waals surface area contributed by atoms with Crippen LogP contribution in [0.5, 0.6) is 5.75 Å². The number of benzene rings is 2. The molecule has 26 heavy (non-hydrogen) atoms. The molecule has 1 amide bonds. The van der Waals surface area contributed by atoms with Gasteiger partial charge in [-0.05, 0) is 68.0 Å². The first-order chi connectivity index (χ1) is 12.7. The monoisotopic (exact) mass is 348 g/mol. The molecule has 1 aliphatic rings. The number of amides is 1. The highest BCUT2D eigenvalue weighted by Gasteiger charge is 2.20. The Morgan fingerprint density at radius 3 is 2.96 bits per heavy atom. The van der Waals surface area contributed by atoms with Crippen LogP contribution in [0.2, 0.25) is 0 Å². The van der Waals surface area contributed by atoms with E-state index in [4.69, 9.17) is 4.74 Å². The molecule has 2 aromatic carbocycles. The van der Waals surface area contributed by atoms with Gasteiger partial charge in [-0.15, -0.1) is 0 Å². The lowest BCUT2D eigenvalue weighted by atomic mass is 9.87. The van der Waals surface area contributed by atoms with Gasteiger partial charge in [0.1, 0.15) is 5.75 Å². The Morgan fingerprint density at radius 2 is 2.12 bits per heavy atom. The van der Waals surface area contributed by atoms with E-state index in [1.807, 2.05) is 49.4 Å². The van der Waals surface area contributed by atoms with Crippen LogP contribution in [0, 0.1) is 5.92 Å². The maximum absolute atomic E-state index is 12.8. The summed E-state index contributed by atoms with van der Waals surface area (Å²) in [6.45, 7) is 4.79. The van der Waals surface area contributed by atoms with Crippen LogP contribution < -0.4 is 10.1 Å². The molecule has 0 radical (unpaired) electrons. The Hall–Kier alpha value is -2.75. The summed E-state index contributed by atoms with van der Waals surface area (Å²) in [5.74, 6) is 1.27. The molecule has 4 rings (SSSR count). The van der Waals surface area contributed by atoms with Crippen LogP contribution in [-0.4, -0.2) is 17.5 Å². The molecule has 1 aromatic heterocycles. The van der Waals surface area contributed by atoms with Crippen molar-refractivity contribution in [2.75, 3.05) is 11.9 Å². The van der Waals surface area contributed by atoms with E-state index in [1.165, 1.54) is 23.1 Å². The molecule has 1 atom stereocenters. The number of hydrogen-bond acceptors (Lipinski definition) is 2. The lowest BCUT2D eigenvalue weighted by Crippen LogP contribution is -2.13. The molecule has 4 nitrogen and oxygen atoms in total. The Balaban J connectivity index is 1.64. The molecule has 2 N–H and O–H groups in total. The van der Waals surface area contributed by atoms with Gasteiger partial charge in [0.2, 0.25) is 0 Å². The number of carbonyl (C=O) groups is 1. The van der Waals surface area contributed by atoms with Gasteiger partial charge < -0.3 is 15.0 Å². The quantitative estimate of drug-likeness (QED) is 0.701. The predicted octanol–water partition coefficient (Wildman–Crippen LogP) is 4.94. The van der Waals surface area contributed by atoms with Gasteiger partial charge >= 0.3 is 0 Å². The SMILES string of the molecule is CCOc1ccccc1NC(=O)c1ccc2[nH]c3c(c2c1)C[C@H](C)CC3. The zero-order chi connectivity index (χ0) is 18.1. The first-order valence-electron chi connectivity index (χ1n) is 9.32. The van der Waals surface area contributed by atoms with Crippen molar-refractivity contribution in [3.05, 3.63) is 59.3 Å². The van der Waals surface area contributed by atoms with E-state index in [2.05, 4.69) is 17.2 Å². The lowest BCUT2D eigenvalue weighted by Gasteiger charge is -2.18. The summed E-state index contributed by atoms with van der Waals surface area (Å²) in [4.78, 5) is 16.3. The van der Waals surface area contributed by atoms with Crippen molar-refractivity contribution in [1.29, 1.82) is 0 Å². The van der Waals surface area contributed by atoms with Crippen LogP contribution in [0.1, 0.15) is 41.9 Å². The third-order valence-electron chi connectivity index (χ3n) is 5.13. The second-order valence-corrected chi connectivity index (χ2v) is 7.07. The minimum Gasteiger partial charge on any atom is -0.492 e. The number of nitrogens with one attached hydrogen (secondary N) is 2. The Kier molecular flexibility index (Phi) is 4.41. The summed E-state index contributed by atoms with van der Waals surface area (Å²) in [6, 6.07) is 13.4. The standard InChI is InChI=1S/C22H24N2O2/c1-3-26-21-7-5-4-6-20(21)24-22(25)15-9-11-19-17(13-15)16-12-14(2)8-10-18(16)23-19/h4-7,9,11,13-14,23H,3,8,10,12H2,1-2H3,(H,24,25)/t14-/m1/s1. The molecule has 0 bridgehead atoms. The van der Waals surface area contributed by atoms with Crippen molar-refractivity contribution >= 4 is 22.5 Å². The van der Waals surface area contributed by atoms with Crippen LogP contribution in [0.15, 0.2) is 42.5 Å². The number of aromatic amines is 1. The van der Waals surface area contributed by atoms with Crippen LogP contribution in [0.25, 0.3) is 10.9 Å². The van der Waals surface area contributed by atoms with Gasteiger partial charge in [-0.25, -0.2) is 0 Å². The zero-order valence-corrected chi connectivity index (χ0v) is 15.3. The fraction of sp³-hybridized carbons (Fsp3) is 0.318. The highest BCUT2D eigenvalue weighted by atomic mass is 16.5. The molecule has 1 aliphatic carbocycles. The summed E-state index contributed by atoms with van der Waals surface area (Å²) in [5, 5.41) is 4.16. The highest BCUT2D eigenvalue weighted by Crippen LogP contribution is 2.32. The average Bonchev–Trinajstić information content (AvgIpc) is 3.00. The first-order valence-corrected chi connectivity index (χ1v) is 9.32. The van der Waals surface area contributed by atoms with E-state index < -0.39 is 0 Å². The smallest absolute Gasteiger partial charge is 0.255 e. The van der Waals surface area contributed by atoms with Crippen molar-refractivity contribution in [3.8, 4) is 5.75 Å². The van der Waals surface area contributed by atoms with Gasteiger partial charge in [0, 0.05) is 22.2 Å². The zero-order valence-electron chi connectivity index (χ0n) is 15.3. The van der Waals surface area contributed by atoms with Gasteiger partial charge in [-0.1, -0.05) is 19.1 Å². The Morgan fingerprint density at radius 1 is 1.27 bits per heavy atom. The molecular weight excluding hydrogens is 324 g/mol. The summed E-state index contributed by atoms with van der Waals surface area (Å²) >= 11 is 0. The number of anilines is 1. The van der Waals surface area contributed by atoms with Gasteiger partial charge in [0.05, 0.1) is 12.3 Å². The van der Waals surface area contributed by atoms with E-state index in [9.17, 15) is 4.79 Å². The highest BCUT2D eigenvalue weighted by molar-refractivity contribution is 6.07. The van der Waals surface area contributed by atoms with Crippen molar-refractivity contribution in [3.63, 3.8) is 0 Å². The normalized spacial score (nSPS) is 16.3. The third kappa shape index (κ3) is 3.07. The summed E-state index contributed by atoms with van der Waals surface area (Å²) in [5.41, 5.74) is 5.20. The molecule has 4 heteroatoms. The maximum Gasteiger partial charge on any atom is 0.255 e. The predicted molar refractivity (Wildman–Crippen MR) is 105 cm³/mol. The van der Waals surface area contributed by atoms with E-state index in [-0.39, 0.29) is 5.91 Å². The maximum atomic E-state index is 12.8.